The van der Waals surface area contributed by atoms with Crippen LogP contribution < -0.4 is 0 Å². The Labute approximate surface area is 124 Å². The molecule has 0 bridgehead atoms. The Hall–Kier alpha value is -1.07. The Balaban J connectivity index is 1.99. The van der Waals surface area contributed by atoms with Gasteiger partial charge in [0, 0.05) is 30.2 Å². The van der Waals surface area contributed by atoms with Crippen LogP contribution >= 0.6 is 10.7 Å². The first-order valence-corrected chi connectivity index (χ1v) is 8.92. The van der Waals surface area contributed by atoms with Gasteiger partial charge in [0.1, 0.15) is 5.25 Å². The number of nitrogens with zero attached hydrogens (tertiary/aromatic N) is 1. The minimum Gasteiger partial charge on any atom is -0.341 e. The highest BCUT2D eigenvalue weighted by Crippen LogP contribution is 2.22. The molecule has 1 heterocycles. The minimum atomic E-state index is -3.66. The van der Waals surface area contributed by atoms with Crippen molar-refractivity contribution in [2.45, 2.75) is 31.9 Å². The highest BCUT2D eigenvalue weighted by atomic mass is 35.7. The molecule has 1 aromatic rings. The molecule has 0 spiro atoms. The summed E-state index contributed by atoms with van der Waals surface area (Å²) in [6.07, 6.45) is 0.728. The average molecular weight is 316 g/mol. The summed E-state index contributed by atoms with van der Waals surface area (Å²) >= 11 is 0. The molecule has 1 fully saturated rings. The van der Waals surface area contributed by atoms with Crippen LogP contribution in [0.4, 0.5) is 0 Å². The molecular weight excluding hydrogens is 298 g/mol. The van der Waals surface area contributed by atoms with Crippen LogP contribution in [0.2, 0.25) is 0 Å². The van der Waals surface area contributed by atoms with Crippen LogP contribution in [0.1, 0.15) is 23.1 Å². The van der Waals surface area contributed by atoms with E-state index < -0.39 is 14.3 Å². The lowest BCUT2D eigenvalue weighted by Crippen LogP contribution is -2.29. The molecule has 0 radical (unpaired) electrons. The van der Waals surface area contributed by atoms with E-state index >= 15 is 0 Å². The maximum Gasteiger partial charge on any atom is 0.237 e. The van der Waals surface area contributed by atoms with Crippen LogP contribution in [0.5, 0.6) is 0 Å². The summed E-state index contributed by atoms with van der Waals surface area (Å²) in [5.74, 6) is -0.135. The van der Waals surface area contributed by atoms with Gasteiger partial charge in [0.05, 0.1) is 0 Å². The Morgan fingerprint density at radius 3 is 2.60 bits per heavy atom. The third-order valence-electron chi connectivity index (χ3n) is 3.73. The number of carbonyl (C=O) groups excluding carboxylic acids is 1. The van der Waals surface area contributed by atoms with Crippen LogP contribution in [0.25, 0.3) is 0 Å². The second-order valence-corrected chi connectivity index (χ2v) is 8.23. The van der Waals surface area contributed by atoms with Crippen LogP contribution in [-0.2, 0) is 20.3 Å². The predicted octanol–water partition coefficient (Wildman–Crippen LogP) is 2.02. The van der Waals surface area contributed by atoms with E-state index in [2.05, 4.69) is 12.1 Å². The summed E-state index contributed by atoms with van der Waals surface area (Å²) in [6.45, 7) is 4.82. The van der Waals surface area contributed by atoms with Gasteiger partial charge < -0.3 is 4.90 Å². The van der Waals surface area contributed by atoms with Gasteiger partial charge in [0.15, 0.2) is 0 Å². The molecule has 1 atom stereocenters. The second kappa shape index (κ2) is 5.74. The Bertz CT molecular complexity index is 627. The number of carbonyl (C=O) groups is 1. The summed E-state index contributed by atoms with van der Waals surface area (Å²) in [5.41, 5.74) is 3.58. The zero-order valence-electron chi connectivity index (χ0n) is 11.6. The predicted molar refractivity (Wildman–Crippen MR) is 79.4 cm³/mol. The quantitative estimate of drug-likeness (QED) is 0.799. The number of rotatable bonds is 4. The molecule has 0 aliphatic carbocycles. The maximum absolute atomic E-state index is 11.8. The maximum atomic E-state index is 11.8. The van der Waals surface area contributed by atoms with Crippen molar-refractivity contribution in [1.29, 1.82) is 0 Å². The van der Waals surface area contributed by atoms with E-state index in [1.807, 2.05) is 19.9 Å². The first-order valence-electron chi connectivity index (χ1n) is 6.55. The molecule has 0 saturated carbocycles. The number of hydrogen-bond donors (Lipinski definition) is 0. The molecule has 0 aromatic heterocycles. The van der Waals surface area contributed by atoms with Crippen molar-refractivity contribution in [1.82, 2.24) is 4.90 Å². The highest BCUT2D eigenvalue weighted by molar-refractivity contribution is 8.14. The zero-order chi connectivity index (χ0) is 14.9. The number of hydrogen-bond acceptors (Lipinski definition) is 3. The Morgan fingerprint density at radius 2 is 2.05 bits per heavy atom. The topological polar surface area (TPSA) is 54.5 Å². The number of benzene rings is 1. The van der Waals surface area contributed by atoms with E-state index in [1.165, 1.54) is 16.7 Å². The third kappa shape index (κ3) is 3.52. The molecule has 1 amide bonds. The Morgan fingerprint density at radius 1 is 1.35 bits per heavy atom. The van der Waals surface area contributed by atoms with Crippen molar-refractivity contribution in [2.24, 2.45) is 0 Å². The zero-order valence-corrected chi connectivity index (χ0v) is 13.2. The molecule has 2 rings (SSSR count). The van der Waals surface area contributed by atoms with Gasteiger partial charge in [-0.2, -0.15) is 0 Å². The molecule has 1 saturated heterocycles. The molecule has 110 valence electrons. The van der Waals surface area contributed by atoms with E-state index in [0.29, 0.717) is 6.54 Å². The third-order valence-corrected chi connectivity index (χ3v) is 5.59. The molecule has 1 aromatic carbocycles. The van der Waals surface area contributed by atoms with E-state index in [9.17, 15) is 13.2 Å². The van der Waals surface area contributed by atoms with E-state index in [1.54, 1.807) is 4.90 Å². The van der Waals surface area contributed by atoms with Gasteiger partial charge in [-0.3, -0.25) is 4.79 Å². The van der Waals surface area contributed by atoms with Gasteiger partial charge in [-0.25, -0.2) is 8.42 Å². The first kappa shape index (κ1) is 15.3. The normalized spacial score (nSPS) is 19.6. The average Bonchev–Trinajstić information content (AvgIpc) is 2.69. The number of halogens is 1. The fourth-order valence-corrected chi connectivity index (χ4v) is 3.58. The fourth-order valence-electron chi connectivity index (χ4n) is 2.52. The summed E-state index contributed by atoms with van der Waals surface area (Å²) in [7, 11) is 1.67. The minimum absolute atomic E-state index is 0.00128. The SMILES string of the molecule is Cc1ccc(CCN2CC(S(=O)(=O)Cl)CC2=O)c(C)c1. The number of aryl methyl sites for hydroxylation is 2. The highest BCUT2D eigenvalue weighted by Gasteiger charge is 2.36. The summed E-state index contributed by atoms with van der Waals surface area (Å²) in [4.78, 5) is 13.4. The van der Waals surface area contributed by atoms with Gasteiger partial charge in [0.2, 0.25) is 15.0 Å². The van der Waals surface area contributed by atoms with Gasteiger partial charge >= 0.3 is 0 Å². The largest absolute Gasteiger partial charge is 0.341 e. The molecule has 6 heteroatoms. The van der Waals surface area contributed by atoms with E-state index in [0.717, 1.165) is 6.42 Å². The van der Waals surface area contributed by atoms with Gasteiger partial charge in [0.25, 0.3) is 0 Å². The smallest absolute Gasteiger partial charge is 0.237 e. The Kier molecular flexibility index (Phi) is 4.39. The van der Waals surface area contributed by atoms with Crippen molar-refractivity contribution < 1.29 is 13.2 Å². The lowest BCUT2D eigenvalue weighted by molar-refractivity contribution is -0.127. The first-order chi connectivity index (χ1) is 9.27. The monoisotopic (exact) mass is 315 g/mol. The van der Waals surface area contributed by atoms with Crippen molar-refractivity contribution in [3.63, 3.8) is 0 Å². The lowest BCUT2D eigenvalue weighted by atomic mass is 10.0. The molecule has 1 aliphatic rings. The molecular formula is C14H18ClNO3S. The summed E-state index contributed by atoms with van der Waals surface area (Å²) < 4.78 is 22.6. The van der Waals surface area contributed by atoms with Gasteiger partial charge in [-0.05, 0) is 31.4 Å². The van der Waals surface area contributed by atoms with Gasteiger partial charge in [-0.1, -0.05) is 23.8 Å². The van der Waals surface area contributed by atoms with Crippen LogP contribution in [-0.4, -0.2) is 37.6 Å². The van der Waals surface area contributed by atoms with Crippen LogP contribution in [0, 0.1) is 13.8 Å². The van der Waals surface area contributed by atoms with E-state index in [4.69, 9.17) is 10.7 Å². The lowest BCUT2D eigenvalue weighted by Gasteiger charge is -2.17. The molecule has 4 nitrogen and oxygen atoms in total. The molecule has 1 aliphatic heterocycles. The summed E-state index contributed by atoms with van der Waals surface area (Å²) in [6, 6.07) is 6.20. The number of likely N-dealkylation sites (tertiary alicyclic amines) is 1. The second-order valence-electron chi connectivity index (χ2n) is 5.32. The van der Waals surface area contributed by atoms with Crippen molar-refractivity contribution in [3.05, 3.63) is 34.9 Å². The fraction of sp³-hybridized carbons (Fsp3) is 0.500. The molecule has 20 heavy (non-hydrogen) atoms. The van der Waals surface area contributed by atoms with E-state index in [-0.39, 0.29) is 18.9 Å². The van der Waals surface area contributed by atoms with Gasteiger partial charge in [-0.15, -0.1) is 0 Å². The molecule has 1 unspecified atom stereocenters. The summed E-state index contributed by atoms with van der Waals surface area (Å²) in [5, 5.41) is -0.768. The van der Waals surface area contributed by atoms with Crippen LogP contribution in [0.15, 0.2) is 18.2 Å². The standard InChI is InChI=1S/C14H18ClNO3S/c1-10-3-4-12(11(2)7-10)5-6-16-9-13(8-14(16)17)20(15,18)19/h3-4,7,13H,5-6,8-9H2,1-2H3. The van der Waals surface area contributed by atoms with Crippen LogP contribution in [0.3, 0.4) is 0 Å². The van der Waals surface area contributed by atoms with Crippen molar-refractivity contribution in [2.75, 3.05) is 13.1 Å². The molecule has 0 N–H and O–H groups in total. The van der Waals surface area contributed by atoms with Crippen molar-refractivity contribution in [3.8, 4) is 0 Å². The van der Waals surface area contributed by atoms with Crippen molar-refractivity contribution >= 4 is 25.6 Å². The number of amides is 1.